The zero-order chi connectivity index (χ0) is 19.3. The molecule has 140 valence electrons. The largest absolute Gasteiger partial charge is 0.487 e. The standard InChI is InChI=1S/C18H13F3N2O2S2/c19-18(20,21)27-16-4-2-1-3-15(16)23-17(24)12-5-7-14(8-6-12)25-9-13-10-26-11-22-13/h1-8,10-11H,9H2,(H,23,24). The van der Waals surface area contributed by atoms with E-state index in [1.165, 1.54) is 29.5 Å². The van der Waals surface area contributed by atoms with E-state index in [2.05, 4.69) is 10.3 Å². The van der Waals surface area contributed by atoms with Crippen molar-refractivity contribution in [1.29, 1.82) is 0 Å². The highest BCUT2D eigenvalue weighted by atomic mass is 32.2. The summed E-state index contributed by atoms with van der Waals surface area (Å²) in [4.78, 5) is 16.4. The number of thiazole rings is 1. The molecule has 0 fully saturated rings. The Labute approximate surface area is 161 Å². The van der Waals surface area contributed by atoms with E-state index in [0.717, 1.165) is 5.69 Å². The predicted molar refractivity (Wildman–Crippen MR) is 99.2 cm³/mol. The van der Waals surface area contributed by atoms with E-state index in [0.29, 0.717) is 17.9 Å². The minimum Gasteiger partial charge on any atom is -0.487 e. The molecule has 1 N–H and O–H groups in total. The second-order valence-electron chi connectivity index (χ2n) is 5.29. The van der Waals surface area contributed by atoms with Gasteiger partial charge in [0.25, 0.3) is 5.91 Å². The van der Waals surface area contributed by atoms with Crippen LogP contribution in [0.3, 0.4) is 0 Å². The Morgan fingerprint density at radius 2 is 1.89 bits per heavy atom. The van der Waals surface area contributed by atoms with Crippen LogP contribution in [0.25, 0.3) is 0 Å². The van der Waals surface area contributed by atoms with Gasteiger partial charge in [0, 0.05) is 15.8 Å². The first-order chi connectivity index (χ1) is 12.9. The maximum absolute atomic E-state index is 12.6. The molecule has 27 heavy (non-hydrogen) atoms. The highest BCUT2D eigenvalue weighted by Crippen LogP contribution is 2.40. The van der Waals surface area contributed by atoms with E-state index in [9.17, 15) is 18.0 Å². The number of hydrogen-bond donors (Lipinski definition) is 1. The number of thioether (sulfide) groups is 1. The highest BCUT2D eigenvalue weighted by molar-refractivity contribution is 8.00. The van der Waals surface area contributed by atoms with Gasteiger partial charge in [0.05, 0.1) is 16.9 Å². The van der Waals surface area contributed by atoms with E-state index in [1.807, 2.05) is 5.38 Å². The third-order valence-corrected chi connectivity index (χ3v) is 4.79. The van der Waals surface area contributed by atoms with E-state index >= 15 is 0 Å². The van der Waals surface area contributed by atoms with Crippen LogP contribution in [0.2, 0.25) is 0 Å². The fraction of sp³-hybridized carbons (Fsp3) is 0.111. The van der Waals surface area contributed by atoms with Crippen molar-refractivity contribution in [3.63, 3.8) is 0 Å². The van der Waals surface area contributed by atoms with Gasteiger partial charge < -0.3 is 10.1 Å². The van der Waals surface area contributed by atoms with Crippen LogP contribution in [0.1, 0.15) is 16.1 Å². The van der Waals surface area contributed by atoms with Gasteiger partial charge in [0.1, 0.15) is 12.4 Å². The molecule has 0 atom stereocenters. The highest BCUT2D eigenvalue weighted by Gasteiger charge is 2.30. The van der Waals surface area contributed by atoms with Crippen LogP contribution < -0.4 is 10.1 Å². The lowest BCUT2D eigenvalue weighted by Gasteiger charge is -2.12. The molecule has 3 aromatic rings. The molecule has 0 radical (unpaired) electrons. The Morgan fingerprint density at radius 3 is 2.56 bits per heavy atom. The Bertz CT molecular complexity index is 898. The van der Waals surface area contributed by atoms with Crippen molar-refractivity contribution < 1.29 is 22.7 Å². The summed E-state index contributed by atoms with van der Waals surface area (Å²) in [5.41, 5.74) is -1.50. The third-order valence-electron chi connectivity index (χ3n) is 3.35. The molecule has 0 unspecified atom stereocenters. The van der Waals surface area contributed by atoms with Crippen LogP contribution >= 0.6 is 23.1 Å². The molecule has 0 aliphatic heterocycles. The minimum atomic E-state index is -4.43. The summed E-state index contributed by atoms with van der Waals surface area (Å²) in [6.07, 6.45) is 0. The summed E-state index contributed by atoms with van der Waals surface area (Å²) in [6, 6.07) is 12.1. The van der Waals surface area contributed by atoms with Gasteiger partial charge in [-0.3, -0.25) is 4.79 Å². The molecular formula is C18H13F3N2O2S2. The number of anilines is 1. The number of para-hydroxylation sites is 1. The van der Waals surface area contributed by atoms with Gasteiger partial charge in [-0.05, 0) is 48.2 Å². The van der Waals surface area contributed by atoms with Crippen LogP contribution in [0.5, 0.6) is 5.75 Å². The molecule has 1 amide bonds. The number of nitrogens with one attached hydrogen (secondary N) is 1. The number of hydrogen-bond acceptors (Lipinski definition) is 5. The SMILES string of the molecule is O=C(Nc1ccccc1SC(F)(F)F)c1ccc(OCc2cscn2)cc1. The topological polar surface area (TPSA) is 51.2 Å². The first-order valence-corrected chi connectivity index (χ1v) is 9.43. The molecule has 0 bridgehead atoms. The van der Waals surface area contributed by atoms with Crippen molar-refractivity contribution in [2.45, 2.75) is 17.0 Å². The second kappa shape index (κ2) is 8.45. The summed E-state index contributed by atoms with van der Waals surface area (Å²) in [5.74, 6) is 0.0591. The van der Waals surface area contributed by atoms with Crippen molar-refractivity contribution in [1.82, 2.24) is 4.98 Å². The summed E-state index contributed by atoms with van der Waals surface area (Å²) in [5, 5.41) is 4.39. The predicted octanol–water partition coefficient (Wildman–Crippen LogP) is 5.59. The lowest BCUT2D eigenvalue weighted by molar-refractivity contribution is -0.0328. The summed E-state index contributed by atoms with van der Waals surface area (Å²) < 4.78 is 43.5. The molecule has 0 aliphatic carbocycles. The van der Waals surface area contributed by atoms with Crippen LogP contribution in [0.15, 0.2) is 64.3 Å². The molecule has 3 rings (SSSR count). The number of halogens is 3. The lowest BCUT2D eigenvalue weighted by Crippen LogP contribution is -2.13. The van der Waals surface area contributed by atoms with Gasteiger partial charge in [-0.15, -0.1) is 11.3 Å². The van der Waals surface area contributed by atoms with Gasteiger partial charge >= 0.3 is 5.51 Å². The molecule has 1 heterocycles. The maximum atomic E-state index is 12.6. The van der Waals surface area contributed by atoms with Gasteiger partial charge in [0.15, 0.2) is 0 Å². The molecular weight excluding hydrogens is 397 g/mol. The van der Waals surface area contributed by atoms with Crippen molar-refractivity contribution in [2.24, 2.45) is 0 Å². The number of carbonyl (C=O) groups excluding carboxylic acids is 1. The number of carbonyl (C=O) groups is 1. The molecule has 2 aromatic carbocycles. The number of alkyl halides is 3. The quantitative estimate of drug-likeness (QED) is 0.539. The first kappa shape index (κ1) is 19.2. The molecule has 9 heteroatoms. The zero-order valence-electron chi connectivity index (χ0n) is 13.7. The average molecular weight is 410 g/mol. The van der Waals surface area contributed by atoms with Crippen LogP contribution in [0, 0.1) is 0 Å². The number of rotatable bonds is 6. The van der Waals surface area contributed by atoms with Gasteiger partial charge in [-0.2, -0.15) is 13.2 Å². The molecule has 0 saturated carbocycles. The third kappa shape index (κ3) is 5.73. The number of ether oxygens (including phenoxy) is 1. The Morgan fingerprint density at radius 1 is 1.15 bits per heavy atom. The monoisotopic (exact) mass is 410 g/mol. The van der Waals surface area contributed by atoms with Crippen molar-refractivity contribution in [3.8, 4) is 5.75 Å². The maximum Gasteiger partial charge on any atom is 0.446 e. The summed E-state index contributed by atoms with van der Waals surface area (Å²) >= 11 is 1.20. The van der Waals surface area contributed by atoms with Gasteiger partial charge in [-0.1, -0.05) is 12.1 Å². The van der Waals surface area contributed by atoms with Gasteiger partial charge in [-0.25, -0.2) is 4.98 Å². The van der Waals surface area contributed by atoms with Crippen LogP contribution in [-0.4, -0.2) is 16.4 Å². The molecule has 0 spiro atoms. The van der Waals surface area contributed by atoms with Gasteiger partial charge in [0.2, 0.25) is 0 Å². The van der Waals surface area contributed by atoms with Crippen molar-refractivity contribution >= 4 is 34.7 Å². The molecule has 0 aliphatic rings. The lowest BCUT2D eigenvalue weighted by atomic mass is 10.2. The Kier molecular flexibility index (Phi) is 6.02. The van der Waals surface area contributed by atoms with Crippen molar-refractivity contribution in [3.05, 3.63) is 70.7 Å². The number of aromatic nitrogens is 1. The molecule has 4 nitrogen and oxygen atoms in total. The summed E-state index contributed by atoms with van der Waals surface area (Å²) in [6.45, 7) is 0.317. The number of nitrogens with zero attached hydrogens (tertiary/aromatic N) is 1. The van der Waals surface area contributed by atoms with Crippen molar-refractivity contribution in [2.75, 3.05) is 5.32 Å². The smallest absolute Gasteiger partial charge is 0.446 e. The normalized spacial score (nSPS) is 11.2. The fourth-order valence-corrected chi connectivity index (χ4v) is 3.31. The minimum absolute atomic E-state index is 0.0680. The summed E-state index contributed by atoms with van der Waals surface area (Å²) in [7, 11) is 0. The average Bonchev–Trinajstić information content (AvgIpc) is 3.14. The Balaban J connectivity index is 1.64. The van der Waals surface area contributed by atoms with E-state index in [1.54, 1.807) is 35.8 Å². The fourth-order valence-electron chi connectivity index (χ4n) is 2.15. The second-order valence-corrected chi connectivity index (χ2v) is 7.12. The molecule has 0 saturated heterocycles. The number of amides is 1. The van der Waals surface area contributed by atoms with Crippen LogP contribution in [-0.2, 0) is 6.61 Å². The van der Waals surface area contributed by atoms with Crippen LogP contribution in [0.4, 0.5) is 18.9 Å². The van der Waals surface area contributed by atoms with E-state index in [-0.39, 0.29) is 22.3 Å². The van der Waals surface area contributed by atoms with E-state index < -0.39 is 11.4 Å². The molecule has 1 aromatic heterocycles. The van der Waals surface area contributed by atoms with E-state index in [4.69, 9.17) is 4.74 Å². The number of benzene rings is 2. The first-order valence-electron chi connectivity index (χ1n) is 7.67. The zero-order valence-corrected chi connectivity index (χ0v) is 15.3. The Hall–Kier alpha value is -2.52.